The van der Waals surface area contributed by atoms with Crippen molar-refractivity contribution in [3.05, 3.63) is 40.6 Å². The van der Waals surface area contributed by atoms with E-state index in [0.717, 1.165) is 22.4 Å². The lowest BCUT2D eigenvalue weighted by Gasteiger charge is -2.17. The molecule has 0 aliphatic heterocycles. The number of aromatic hydroxyl groups is 1. The Balaban J connectivity index is 2.94. The Hall–Kier alpha value is 0.920. The smallest absolute Gasteiger partial charge is 0.179 e. The molecule has 0 aliphatic rings. The lowest BCUT2D eigenvalue weighted by Crippen LogP contribution is -1.92. The van der Waals surface area contributed by atoms with Crippen molar-refractivity contribution in [1.29, 1.82) is 0 Å². The second kappa shape index (κ2) is 7.00. The van der Waals surface area contributed by atoms with Crippen LogP contribution >= 0.6 is 95.9 Å². The van der Waals surface area contributed by atoms with Crippen molar-refractivity contribution in [2.24, 2.45) is 0 Å². The molecule has 0 amide bonds. The van der Waals surface area contributed by atoms with E-state index in [1.54, 1.807) is 12.1 Å². The third kappa shape index (κ3) is 3.01. The van der Waals surface area contributed by atoms with E-state index < -0.39 is 0 Å². The lowest BCUT2D eigenvalue weighted by atomic mass is 10.0. The second-order valence-electron chi connectivity index (χ2n) is 3.67. The Bertz CT molecular complexity index is 666. The summed E-state index contributed by atoms with van der Waals surface area (Å²) in [6.07, 6.45) is 0. The number of rotatable bonds is 2. The molecule has 0 bridgehead atoms. The van der Waals surface area contributed by atoms with Crippen LogP contribution in [0.2, 0.25) is 0 Å². The van der Waals surface area contributed by atoms with Gasteiger partial charge in [-0.05, 0) is 75.9 Å². The van der Waals surface area contributed by atoms with Gasteiger partial charge in [0.25, 0.3) is 0 Å². The Kier molecular flexibility index (Phi) is 6.05. The van der Waals surface area contributed by atoms with Gasteiger partial charge >= 0.3 is 0 Å². The van der Waals surface area contributed by atoms with E-state index in [1.807, 2.05) is 6.07 Å². The van der Waals surface area contributed by atoms with Crippen molar-refractivity contribution in [3.8, 4) is 22.6 Å². The van der Waals surface area contributed by atoms with Gasteiger partial charge in [-0.3, -0.25) is 0 Å². The summed E-state index contributed by atoms with van der Waals surface area (Å²) in [7, 11) is 0. The van der Waals surface area contributed by atoms with Gasteiger partial charge in [-0.1, -0.05) is 22.0 Å². The highest BCUT2D eigenvalue weighted by atomic mass is 79.9. The molecule has 0 saturated carbocycles. The van der Waals surface area contributed by atoms with Crippen molar-refractivity contribution < 1.29 is 8.93 Å². The average Bonchev–Trinajstić information content (AvgIpc) is 2.42. The fourth-order valence-corrected chi connectivity index (χ4v) is 5.12. The summed E-state index contributed by atoms with van der Waals surface area (Å²) in [5.74, 6) is 0.682. The third-order valence-electron chi connectivity index (χ3n) is 2.54. The maximum atomic E-state index is 10.2. The summed E-state index contributed by atoms with van der Waals surface area (Å²) in [6.45, 7) is 0. The first-order chi connectivity index (χ1) is 9.40. The molecule has 0 aliphatic carbocycles. The number of hydrogen-bond acceptors (Lipinski definition) is 2. The molecule has 0 unspecified atom stereocenters. The zero-order valence-electron chi connectivity index (χ0n) is 9.36. The topological polar surface area (TPSA) is 29.5 Å². The van der Waals surface area contributed by atoms with Crippen molar-refractivity contribution >= 4 is 95.9 Å². The van der Waals surface area contributed by atoms with Crippen LogP contribution in [0, 0.1) is 0 Å². The molecule has 0 fully saturated rings. The molecule has 2 rings (SSSR count). The molecule has 1 N–H and O–H groups in total. The average molecular weight is 660 g/mol. The second-order valence-corrected chi connectivity index (χ2v) is 8.02. The highest BCUT2D eigenvalue weighted by molar-refractivity contribution is 9.15. The van der Waals surface area contributed by atoms with Gasteiger partial charge in [0.2, 0.25) is 0 Å². The third-order valence-corrected chi connectivity index (χ3v) is 8.26. The largest absolute Gasteiger partial charge is 0.507 e. The van der Waals surface area contributed by atoms with E-state index in [-0.39, 0.29) is 5.75 Å². The van der Waals surface area contributed by atoms with E-state index in [9.17, 15) is 5.11 Å². The Morgan fingerprint density at radius 3 is 1.95 bits per heavy atom. The van der Waals surface area contributed by atoms with Crippen molar-refractivity contribution in [2.45, 2.75) is 0 Å². The van der Waals surface area contributed by atoms with E-state index in [2.05, 4.69) is 95.9 Å². The molecule has 0 radical (unpaired) electrons. The Labute approximate surface area is 166 Å². The van der Waals surface area contributed by atoms with Crippen LogP contribution in [0.4, 0.5) is 0 Å². The monoisotopic (exact) mass is 654 g/mol. The summed E-state index contributed by atoms with van der Waals surface area (Å²) in [4.78, 5) is 0. The fourth-order valence-electron chi connectivity index (χ4n) is 1.67. The molecular formula is C12H4Br6O2. The number of hydrogen-bond donors (Lipinski definition) is 1. The van der Waals surface area contributed by atoms with Crippen molar-refractivity contribution in [3.63, 3.8) is 0 Å². The predicted molar refractivity (Wildman–Crippen MR) is 102 cm³/mol. The molecule has 0 spiro atoms. The summed E-state index contributed by atoms with van der Waals surface area (Å²) in [5, 5.41) is 10.2. The Morgan fingerprint density at radius 1 is 0.800 bits per heavy atom. The van der Waals surface area contributed by atoms with Crippen LogP contribution in [0.3, 0.4) is 0 Å². The summed E-state index contributed by atoms with van der Waals surface area (Å²) < 4.78 is 9.14. The molecule has 0 atom stereocenters. The summed E-state index contributed by atoms with van der Waals surface area (Å²) in [5.41, 5.74) is 1.33. The van der Waals surface area contributed by atoms with E-state index in [0.29, 0.717) is 16.9 Å². The van der Waals surface area contributed by atoms with E-state index in [1.165, 1.54) is 0 Å². The van der Waals surface area contributed by atoms with Crippen LogP contribution in [0.15, 0.2) is 40.6 Å². The molecule has 0 heterocycles. The van der Waals surface area contributed by atoms with Gasteiger partial charge in [-0.2, -0.15) is 0 Å². The molecule has 0 aromatic heterocycles. The maximum Gasteiger partial charge on any atom is 0.179 e. The SMILES string of the molecule is Oc1cccc(Br)c1-c1c(Br)c(Br)c(Br)c(Br)c1OBr. The fraction of sp³-hybridized carbons (Fsp3) is 0. The quantitative estimate of drug-likeness (QED) is 0.267. The van der Waals surface area contributed by atoms with Gasteiger partial charge in [0.15, 0.2) is 22.0 Å². The molecule has 8 heteroatoms. The number of halogens is 6. The molecule has 2 nitrogen and oxygen atoms in total. The van der Waals surface area contributed by atoms with Gasteiger partial charge in [0.1, 0.15) is 5.75 Å². The predicted octanol–water partition coefficient (Wildman–Crippen LogP) is 7.56. The molecule has 2 aromatic rings. The van der Waals surface area contributed by atoms with Crippen LogP contribution in [0.5, 0.6) is 11.5 Å². The van der Waals surface area contributed by atoms with Gasteiger partial charge in [-0.25, -0.2) is 0 Å². The van der Waals surface area contributed by atoms with Crippen molar-refractivity contribution in [2.75, 3.05) is 0 Å². The zero-order valence-corrected chi connectivity index (χ0v) is 18.9. The molecule has 106 valence electrons. The summed E-state index contributed by atoms with van der Waals surface area (Å²) in [6, 6.07) is 5.23. The standard InChI is InChI=1S/C12H4Br6O2/c13-4-2-1-3-5(19)6(4)7-8(14)9(15)10(16)11(17)12(7)20-18/h1-3,19H. The summed E-state index contributed by atoms with van der Waals surface area (Å²) >= 11 is 20.4. The van der Waals surface area contributed by atoms with Crippen LogP contribution < -0.4 is 3.83 Å². The Morgan fingerprint density at radius 2 is 1.40 bits per heavy atom. The number of phenols is 1. The van der Waals surface area contributed by atoms with Gasteiger partial charge < -0.3 is 8.93 Å². The normalized spacial score (nSPS) is 10.7. The van der Waals surface area contributed by atoms with E-state index >= 15 is 0 Å². The molecular weight excluding hydrogens is 656 g/mol. The first kappa shape index (κ1) is 17.3. The highest BCUT2D eigenvalue weighted by Crippen LogP contribution is 2.53. The van der Waals surface area contributed by atoms with Gasteiger partial charge in [-0.15, -0.1) is 0 Å². The first-order valence-electron chi connectivity index (χ1n) is 5.02. The number of phenolic OH excluding ortho intramolecular Hbond substituents is 1. The molecule has 0 saturated heterocycles. The van der Waals surface area contributed by atoms with Crippen LogP contribution in [0.1, 0.15) is 0 Å². The highest BCUT2D eigenvalue weighted by Gasteiger charge is 2.24. The number of benzene rings is 2. The minimum atomic E-state index is 0.145. The molecule has 2 aromatic carbocycles. The first-order valence-corrected chi connectivity index (χ1v) is 9.63. The minimum Gasteiger partial charge on any atom is -0.507 e. The molecule has 20 heavy (non-hydrogen) atoms. The van der Waals surface area contributed by atoms with Gasteiger partial charge in [0, 0.05) is 24.5 Å². The zero-order chi connectivity index (χ0) is 15.0. The van der Waals surface area contributed by atoms with Gasteiger partial charge in [0.05, 0.1) is 8.95 Å². The van der Waals surface area contributed by atoms with Crippen LogP contribution in [0.25, 0.3) is 11.1 Å². The van der Waals surface area contributed by atoms with Crippen LogP contribution in [-0.2, 0) is 0 Å². The lowest BCUT2D eigenvalue weighted by molar-refractivity contribution is 0.476. The minimum absolute atomic E-state index is 0.145. The maximum absolute atomic E-state index is 10.2. The van der Waals surface area contributed by atoms with Crippen molar-refractivity contribution in [1.82, 2.24) is 0 Å². The van der Waals surface area contributed by atoms with E-state index in [4.69, 9.17) is 3.83 Å². The van der Waals surface area contributed by atoms with Crippen LogP contribution in [-0.4, -0.2) is 5.11 Å².